The minimum atomic E-state index is 0.800. The number of aromatic nitrogens is 1. The second kappa shape index (κ2) is 3.75. The van der Waals surface area contributed by atoms with Crippen LogP contribution in [0, 0.1) is 3.70 Å². The highest BCUT2D eigenvalue weighted by atomic mass is 127. The van der Waals surface area contributed by atoms with E-state index in [1.165, 1.54) is 0 Å². The number of hydrogen-bond donors (Lipinski definition) is 0. The number of nitrogens with zero attached hydrogens (tertiary/aromatic N) is 2. The Kier molecular flexibility index (Phi) is 2.92. The van der Waals surface area contributed by atoms with Gasteiger partial charge in [-0.2, -0.15) is 4.99 Å². The standard InChI is InChI=1S/C6H3IN2S/c7-6-3-5(9-4-10)1-2-8-6/h1-3H. The summed E-state index contributed by atoms with van der Waals surface area (Å²) in [5, 5.41) is 2.29. The van der Waals surface area contributed by atoms with Gasteiger partial charge in [-0.25, -0.2) is 0 Å². The average molecular weight is 262 g/mol. The molecule has 0 bridgehead atoms. The lowest BCUT2D eigenvalue weighted by Crippen LogP contribution is -1.74. The van der Waals surface area contributed by atoms with E-state index in [1.807, 2.05) is 6.07 Å². The summed E-state index contributed by atoms with van der Waals surface area (Å²) < 4.78 is 0.907. The second-order valence-electron chi connectivity index (χ2n) is 1.54. The summed E-state index contributed by atoms with van der Waals surface area (Å²) in [6, 6.07) is 3.61. The molecule has 1 heterocycles. The Morgan fingerprint density at radius 3 is 3.10 bits per heavy atom. The summed E-state index contributed by atoms with van der Waals surface area (Å²) in [6.07, 6.45) is 1.69. The fraction of sp³-hybridized carbons (Fsp3) is 0. The van der Waals surface area contributed by atoms with Gasteiger partial charge in [0.2, 0.25) is 0 Å². The van der Waals surface area contributed by atoms with Crippen LogP contribution in [0.5, 0.6) is 0 Å². The third-order valence-electron chi connectivity index (χ3n) is 0.885. The molecule has 1 aromatic rings. The molecule has 0 spiro atoms. The first-order chi connectivity index (χ1) is 4.83. The molecule has 0 aromatic carbocycles. The van der Waals surface area contributed by atoms with Gasteiger partial charge >= 0.3 is 0 Å². The molecule has 0 N–H and O–H groups in total. The Balaban J connectivity index is 3.06. The van der Waals surface area contributed by atoms with Crippen molar-refractivity contribution < 1.29 is 0 Å². The maximum atomic E-state index is 4.44. The molecule has 0 atom stereocenters. The molecular formula is C6H3IN2S. The maximum Gasteiger partial charge on any atom is 0.103 e. The summed E-state index contributed by atoms with van der Waals surface area (Å²) in [6.45, 7) is 0. The van der Waals surface area contributed by atoms with Gasteiger partial charge in [0, 0.05) is 6.20 Å². The molecule has 0 saturated heterocycles. The number of aliphatic imine (C=N–C) groups is 1. The van der Waals surface area contributed by atoms with Crippen LogP contribution in [0.25, 0.3) is 0 Å². The number of isothiocyanates is 1. The summed E-state index contributed by atoms with van der Waals surface area (Å²) in [4.78, 5) is 7.77. The highest BCUT2D eigenvalue weighted by Gasteiger charge is 1.88. The van der Waals surface area contributed by atoms with Crippen LogP contribution in [0.15, 0.2) is 23.3 Å². The van der Waals surface area contributed by atoms with Crippen molar-refractivity contribution in [3.8, 4) is 0 Å². The average Bonchev–Trinajstić information content (AvgIpc) is 1.88. The first-order valence-electron chi connectivity index (χ1n) is 2.52. The van der Waals surface area contributed by atoms with Gasteiger partial charge in [0.1, 0.15) is 3.70 Å². The molecule has 0 amide bonds. The van der Waals surface area contributed by atoms with Crippen molar-refractivity contribution in [1.82, 2.24) is 4.98 Å². The SMILES string of the molecule is S=C=Nc1ccnc(I)c1. The molecule has 1 rings (SSSR count). The smallest absolute Gasteiger partial charge is 0.103 e. The lowest BCUT2D eigenvalue weighted by Gasteiger charge is -1.88. The van der Waals surface area contributed by atoms with Crippen LogP contribution in [0.4, 0.5) is 5.69 Å². The first kappa shape index (κ1) is 7.78. The highest BCUT2D eigenvalue weighted by molar-refractivity contribution is 14.1. The van der Waals surface area contributed by atoms with E-state index >= 15 is 0 Å². The van der Waals surface area contributed by atoms with Gasteiger partial charge in [-0.1, -0.05) is 0 Å². The number of hydrogen-bond acceptors (Lipinski definition) is 3. The van der Waals surface area contributed by atoms with E-state index in [1.54, 1.807) is 12.3 Å². The van der Waals surface area contributed by atoms with E-state index in [-0.39, 0.29) is 0 Å². The van der Waals surface area contributed by atoms with Crippen LogP contribution in [0.3, 0.4) is 0 Å². The van der Waals surface area contributed by atoms with Crippen LogP contribution in [0.2, 0.25) is 0 Å². The van der Waals surface area contributed by atoms with E-state index in [9.17, 15) is 0 Å². The van der Waals surface area contributed by atoms with Crippen molar-refractivity contribution in [3.05, 3.63) is 22.0 Å². The van der Waals surface area contributed by atoms with Gasteiger partial charge in [0.25, 0.3) is 0 Å². The Morgan fingerprint density at radius 2 is 2.50 bits per heavy atom. The maximum absolute atomic E-state index is 4.44. The van der Waals surface area contributed by atoms with Gasteiger partial charge in [-0.3, -0.25) is 4.98 Å². The Hall–Kier alpha value is -0.320. The number of pyridine rings is 1. The van der Waals surface area contributed by atoms with Crippen molar-refractivity contribution in [2.24, 2.45) is 4.99 Å². The van der Waals surface area contributed by atoms with Crippen molar-refractivity contribution >= 4 is 45.7 Å². The topological polar surface area (TPSA) is 25.2 Å². The normalized spacial score (nSPS) is 8.50. The molecule has 0 unspecified atom stereocenters. The third-order valence-corrected chi connectivity index (χ3v) is 1.57. The van der Waals surface area contributed by atoms with Crippen molar-refractivity contribution in [2.75, 3.05) is 0 Å². The fourth-order valence-corrected chi connectivity index (χ4v) is 1.10. The van der Waals surface area contributed by atoms with Crippen molar-refractivity contribution in [3.63, 3.8) is 0 Å². The molecule has 2 nitrogen and oxygen atoms in total. The minimum absolute atomic E-state index is 0.800. The Bertz CT molecular complexity index is 281. The highest BCUT2D eigenvalue weighted by Crippen LogP contribution is 2.11. The van der Waals surface area contributed by atoms with E-state index in [2.05, 4.69) is 49.9 Å². The molecule has 0 aliphatic rings. The monoisotopic (exact) mass is 262 g/mol. The zero-order valence-electron chi connectivity index (χ0n) is 4.91. The predicted molar refractivity (Wildman–Crippen MR) is 51.6 cm³/mol. The predicted octanol–water partition coefficient (Wildman–Crippen LogP) is 2.42. The molecule has 50 valence electrons. The number of halogens is 1. The summed E-state index contributed by atoms with van der Waals surface area (Å²) in [5.41, 5.74) is 0.800. The quantitative estimate of drug-likeness (QED) is 0.336. The minimum Gasteiger partial charge on any atom is -0.250 e. The second-order valence-corrected chi connectivity index (χ2v) is 2.83. The van der Waals surface area contributed by atoms with Gasteiger partial charge in [0.05, 0.1) is 10.8 Å². The van der Waals surface area contributed by atoms with Gasteiger partial charge in [-0.15, -0.1) is 0 Å². The van der Waals surface area contributed by atoms with Crippen LogP contribution < -0.4 is 0 Å². The lowest BCUT2D eigenvalue weighted by molar-refractivity contribution is 1.26. The van der Waals surface area contributed by atoms with E-state index in [4.69, 9.17) is 0 Å². The first-order valence-corrected chi connectivity index (χ1v) is 4.01. The molecule has 0 aliphatic carbocycles. The van der Waals surface area contributed by atoms with Gasteiger partial charge < -0.3 is 0 Å². The van der Waals surface area contributed by atoms with Crippen LogP contribution >= 0.6 is 34.8 Å². The summed E-state index contributed by atoms with van der Waals surface area (Å²) >= 11 is 6.55. The Labute approximate surface area is 77.5 Å². The number of thiocarbonyl (C=S) groups is 1. The van der Waals surface area contributed by atoms with E-state index in [0.717, 1.165) is 9.39 Å². The molecular weight excluding hydrogens is 259 g/mol. The molecule has 1 aromatic heterocycles. The van der Waals surface area contributed by atoms with Crippen molar-refractivity contribution in [2.45, 2.75) is 0 Å². The molecule has 0 saturated carbocycles. The van der Waals surface area contributed by atoms with E-state index < -0.39 is 0 Å². The lowest BCUT2D eigenvalue weighted by atomic mass is 10.4. The summed E-state index contributed by atoms with van der Waals surface area (Å²) in [5.74, 6) is 0. The zero-order chi connectivity index (χ0) is 7.40. The van der Waals surface area contributed by atoms with Gasteiger partial charge in [-0.05, 0) is 46.9 Å². The summed E-state index contributed by atoms with van der Waals surface area (Å²) in [7, 11) is 0. The van der Waals surface area contributed by atoms with Gasteiger partial charge in [0.15, 0.2) is 0 Å². The van der Waals surface area contributed by atoms with Crippen LogP contribution in [-0.4, -0.2) is 10.1 Å². The molecule has 0 fully saturated rings. The molecule has 0 aliphatic heterocycles. The van der Waals surface area contributed by atoms with E-state index in [0.29, 0.717) is 0 Å². The molecule has 0 radical (unpaired) electrons. The van der Waals surface area contributed by atoms with Crippen molar-refractivity contribution in [1.29, 1.82) is 0 Å². The largest absolute Gasteiger partial charge is 0.250 e. The van der Waals surface area contributed by atoms with Crippen LogP contribution in [0.1, 0.15) is 0 Å². The third kappa shape index (κ3) is 2.13. The molecule has 10 heavy (non-hydrogen) atoms. The zero-order valence-corrected chi connectivity index (χ0v) is 7.89. The Morgan fingerprint density at radius 1 is 1.70 bits per heavy atom. The fourth-order valence-electron chi connectivity index (χ4n) is 0.514. The van der Waals surface area contributed by atoms with Crippen LogP contribution in [-0.2, 0) is 0 Å². The number of rotatable bonds is 1. The molecule has 4 heteroatoms.